The summed E-state index contributed by atoms with van der Waals surface area (Å²) < 4.78 is 0.873. The standard InChI is InChI=1S/C16H17BrN2O/c1-12-7-3-4-8-13(12)11-19(2)16(20)18-15-10-6-5-9-14(15)17/h3-10H,11H2,1-2H3,(H,18,20). The number of hydrogen-bond donors (Lipinski definition) is 1. The van der Waals surface area contributed by atoms with Crippen molar-refractivity contribution in [2.24, 2.45) is 0 Å². The molecule has 0 aromatic heterocycles. The summed E-state index contributed by atoms with van der Waals surface area (Å²) in [6.07, 6.45) is 0. The Morgan fingerprint density at radius 2 is 1.80 bits per heavy atom. The normalized spacial score (nSPS) is 10.2. The van der Waals surface area contributed by atoms with Crippen molar-refractivity contribution < 1.29 is 4.79 Å². The molecule has 0 aliphatic carbocycles. The van der Waals surface area contributed by atoms with Crippen molar-refractivity contribution in [3.05, 3.63) is 64.1 Å². The molecule has 0 atom stereocenters. The summed E-state index contributed by atoms with van der Waals surface area (Å²) in [5.74, 6) is 0. The molecule has 0 bridgehead atoms. The van der Waals surface area contributed by atoms with Gasteiger partial charge in [0.2, 0.25) is 0 Å². The van der Waals surface area contributed by atoms with Gasteiger partial charge in [-0.3, -0.25) is 0 Å². The predicted molar refractivity (Wildman–Crippen MR) is 85.8 cm³/mol. The summed E-state index contributed by atoms with van der Waals surface area (Å²) in [6, 6.07) is 15.5. The molecule has 104 valence electrons. The van der Waals surface area contributed by atoms with Crippen LogP contribution in [-0.4, -0.2) is 18.0 Å². The first-order valence-corrected chi connectivity index (χ1v) is 7.18. The lowest BCUT2D eigenvalue weighted by Crippen LogP contribution is -2.31. The van der Waals surface area contributed by atoms with E-state index < -0.39 is 0 Å². The van der Waals surface area contributed by atoms with Gasteiger partial charge >= 0.3 is 6.03 Å². The molecule has 0 unspecified atom stereocenters. The van der Waals surface area contributed by atoms with E-state index >= 15 is 0 Å². The third-order valence-electron chi connectivity index (χ3n) is 3.13. The first-order valence-electron chi connectivity index (χ1n) is 6.39. The van der Waals surface area contributed by atoms with E-state index in [1.54, 1.807) is 11.9 Å². The summed E-state index contributed by atoms with van der Waals surface area (Å²) >= 11 is 3.42. The Morgan fingerprint density at radius 1 is 1.15 bits per heavy atom. The number of urea groups is 1. The van der Waals surface area contributed by atoms with E-state index in [1.807, 2.05) is 42.5 Å². The molecule has 0 aliphatic heterocycles. The Bertz CT molecular complexity index is 613. The number of rotatable bonds is 3. The van der Waals surface area contributed by atoms with Crippen molar-refractivity contribution in [3.63, 3.8) is 0 Å². The molecule has 0 saturated carbocycles. The summed E-state index contributed by atoms with van der Waals surface area (Å²) in [4.78, 5) is 13.8. The first-order chi connectivity index (χ1) is 9.58. The summed E-state index contributed by atoms with van der Waals surface area (Å²) in [7, 11) is 1.79. The number of benzene rings is 2. The van der Waals surface area contributed by atoms with Crippen molar-refractivity contribution in [3.8, 4) is 0 Å². The zero-order valence-corrected chi connectivity index (χ0v) is 13.1. The molecule has 20 heavy (non-hydrogen) atoms. The van der Waals surface area contributed by atoms with Crippen LogP contribution in [0.1, 0.15) is 11.1 Å². The number of para-hydroxylation sites is 1. The molecule has 2 rings (SSSR count). The van der Waals surface area contributed by atoms with Crippen molar-refractivity contribution in [2.75, 3.05) is 12.4 Å². The average Bonchev–Trinajstić information content (AvgIpc) is 2.43. The van der Waals surface area contributed by atoms with Gasteiger partial charge in [-0.1, -0.05) is 36.4 Å². The summed E-state index contributed by atoms with van der Waals surface area (Å²) in [5.41, 5.74) is 3.11. The fraction of sp³-hybridized carbons (Fsp3) is 0.188. The second-order valence-corrected chi connectivity index (χ2v) is 5.55. The molecule has 2 aromatic rings. The van der Waals surface area contributed by atoms with E-state index in [4.69, 9.17) is 0 Å². The van der Waals surface area contributed by atoms with E-state index in [1.165, 1.54) is 5.56 Å². The monoisotopic (exact) mass is 332 g/mol. The van der Waals surface area contributed by atoms with Gasteiger partial charge < -0.3 is 10.2 Å². The molecule has 0 heterocycles. The van der Waals surface area contributed by atoms with Crippen molar-refractivity contribution in [1.82, 2.24) is 4.90 Å². The van der Waals surface area contributed by atoms with Crippen molar-refractivity contribution >= 4 is 27.6 Å². The van der Waals surface area contributed by atoms with E-state index in [-0.39, 0.29) is 6.03 Å². The molecule has 0 fully saturated rings. The highest BCUT2D eigenvalue weighted by atomic mass is 79.9. The summed E-state index contributed by atoms with van der Waals surface area (Å²) in [6.45, 7) is 2.64. The molecule has 0 aliphatic rings. The number of carbonyl (C=O) groups is 1. The maximum atomic E-state index is 12.2. The van der Waals surface area contributed by atoms with Crippen LogP contribution in [0.15, 0.2) is 53.0 Å². The van der Waals surface area contributed by atoms with Gasteiger partial charge in [0.15, 0.2) is 0 Å². The summed E-state index contributed by atoms with van der Waals surface area (Å²) in [5, 5.41) is 2.89. The largest absolute Gasteiger partial charge is 0.323 e. The van der Waals surface area contributed by atoms with Crippen molar-refractivity contribution in [2.45, 2.75) is 13.5 Å². The van der Waals surface area contributed by atoms with E-state index in [2.05, 4.69) is 34.2 Å². The molecule has 2 aromatic carbocycles. The lowest BCUT2D eigenvalue weighted by Gasteiger charge is -2.19. The van der Waals surface area contributed by atoms with Gasteiger partial charge in [0.1, 0.15) is 0 Å². The molecule has 4 heteroatoms. The molecular weight excluding hydrogens is 316 g/mol. The number of nitrogens with zero attached hydrogens (tertiary/aromatic N) is 1. The van der Waals surface area contributed by atoms with Gasteiger partial charge in [0.05, 0.1) is 5.69 Å². The van der Waals surface area contributed by atoms with Crippen LogP contribution in [0.3, 0.4) is 0 Å². The van der Waals surface area contributed by atoms with E-state index in [9.17, 15) is 4.79 Å². The van der Waals surface area contributed by atoms with Crippen molar-refractivity contribution in [1.29, 1.82) is 0 Å². The maximum absolute atomic E-state index is 12.2. The van der Waals surface area contributed by atoms with E-state index in [0.717, 1.165) is 15.7 Å². The Morgan fingerprint density at radius 3 is 2.50 bits per heavy atom. The van der Waals surface area contributed by atoms with Gasteiger partial charge in [-0.2, -0.15) is 0 Å². The van der Waals surface area contributed by atoms with Crippen LogP contribution in [0.5, 0.6) is 0 Å². The zero-order valence-electron chi connectivity index (χ0n) is 11.6. The smallest absolute Gasteiger partial charge is 0.321 e. The Kier molecular flexibility index (Phi) is 4.79. The van der Waals surface area contributed by atoms with Crippen LogP contribution in [-0.2, 0) is 6.54 Å². The number of amides is 2. The highest BCUT2D eigenvalue weighted by Gasteiger charge is 2.11. The minimum atomic E-state index is -0.125. The molecule has 1 N–H and O–H groups in total. The fourth-order valence-electron chi connectivity index (χ4n) is 1.89. The molecule has 0 radical (unpaired) electrons. The van der Waals surface area contributed by atoms with Crippen LogP contribution in [0.2, 0.25) is 0 Å². The highest BCUT2D eigenvalue weighted by Crippen LogP contribution is 2.21. The highest BCUT2D eigenvalue weighted by molar-refractivity contribution is 9.10. The lowest BCUT2D eigenvalue weighted by atomic mass is 10.1. The SMILES string of the molecule is Cc1ccccc1CN(C)C(=O)Nc1ccccc1Br. The van der Waals surface area contributed by atoms with Crippen LogP contribution in [0.4, 0.5) is 10.5 Å². The minimum Gasteiger partial charge on any atom is -0.323 e. The van der Waals surface area contributed by atoms with E-state index in [0.29, 0.717) is 6.54 Å². The van der Waals surface area contributed by atoms with Gasteiger partial charge in [0, 0.05) is 18.1 Å². The van der Waals surface area contributed by atoms with Gasteiger partial charge in [-0.25, -0.2) is 4.79 Å². The minimum absolute atomic E-state index is 0.125. The quantitative estimate of drug-likeness (QED) is 0.886. The van der Waals surface area contributed by atoms with Crippen LogP contribution in [0, 0.1) is 6.92 Å². The first kappa shape index (κ1) is 14.6. The molecule has 0 saturated heterocycles. The number of hydrogen-bond acceptors (Lipinski definition) is 1. The topological polar surface area (TPSA) is 32.3 Å². The molecule has 3 nitrogen and oxygen atoms in total. The number of aryl methyl sites for hydroxylation is 1. The third-order valence-corrected chi connectivity index (χ3v) is 3.82. The third kappa shape index (κ3) is 3.61. The lowest BCUT2D eigenvalue weighted by molar-refractivity contribution is 0.220. The molecule has 2 amide bonds. The Hall–Kier alpha value is -1.81. The Labute approximate surface area is 127 Å². The van der Waals surface area contributed by atoms with Gasteiger partial charge in [-0.05, 0) is 46.1 Å². The molecule has 0 spiro atoms. The maximum Gasteiger partial charge on any atom is 0.321 e. The average molecular weight is 333 g/mol. The predicted octanol–water partition coefficient (Wildman–Crippen LogP) is 4.42. The zero-order chi connectivity index (χ0) is 14.5. The fourth-order valence-corrected chi connectivity index (χ4v) is 2.27. The Balaban J connectivity index is 2.03. The van der Waals surface area contributed by atoms with Gasteiger partial charge in [0.25, 0.3) is 0 Å². The number of nitrogens with one attached hydrogen (secondary N) is 1. The molecular formula is C16H17BrN2O. The second kappa shape index (κ2) is 6.57. The van der Waals surface area contributed by atoms with Crippen LogP contribution >= 0.6 is 15.9 Å². The number of halogens is 1. The van der Waals surface area contributed by atoms with Crippen LogP contribution < -0.4 is 5.32 Å². The number of anilines is 1. The second-order valence-electron chi connectivity index (χ2n) is 4.69. The van der Waals surface area contributed by atoms with Crippen LogP contribution in [0.25, 0.3) is 0 Å². The van der Waals surface area contributed by atoms with Gasteiger partial charge in [-0.15, -0.1) is 0 Å². The number of carbonyl (C=O) groups excluding carboxylic acids is 1.